The van der Waals surface area contributed by atoms with Gasteiger partial charge in [-0.1, -0.05) is 60.7 Å². The van der Waals surface area contributed by atoms with Crippen LogP contribution in [0.5, 0.6) is 23.0 Å². The minimum atomic E-state index is -2.43. The smallest absolute Gasteiger partial charge is 0.254 e. The SMILES string of the molecule is NCCCNCCCCNCCC(C(=O)/C=C/c1ccc(O)cc1)(C(=O)/C=C/c1ccc(O)cc1)N(C(=O)/C=C/c1ccc(O)cc1)C(=O)/C=C/c1ccc(O)cc1. The van der Waals surface area contributed by atoms with Crippen molar-refractivity contribution >= 4 is 47.7 Å². The van der Waals surface area contributed by atoms with Gasteiger partial charge in [-0.15, -0.1) is 0 Å². The van der Waals surface area contributed by atoms with Crippen LogP contribution < -0.4 is 16.4 Å². The van der Waals surface area contributed by atoms with Crippen molar-refractivity contribution < 1.29 is 39.6 Å². The van der Waals surface area contributed by atoms with Crippen molar-refractivity contribution in [2.24, 2.45) is 5.73 Å². The van der Waals surface area contributed by atoms with E-state index in [0.29, 0.717) is 40.2 Å². The van der Waals surface area contributed by atoms with Crippen LogP contribution in [0.4, 0.5) is 0 Å². The van der Waals surface area contributed by atoms with Crippen molar-refractivity contribution in [3.63, 3.8) is 0 Å². The molecule has 0 saturated heterocycles. The second-order valence-electron chi connectivity index (χ2n) is 13.4. The minimum absolute atomic E-state index is 0.00560. The number of hydrogen-bond acceptors (Lipinski definition) is 11. The summed E-state index contributed by atoms with van der Waals surface area (Å²) in [6.07, 6.45) is 12.3. The van der Waals surface area contributed by atoms with Gasteiger partial charge in [0.2, 0.25) is 0 Å². The van der Waals surface area contributed by atoms with Crippen molar-refractivity contribution in [3.8, 4) is 23.0 Å². The van der Waals surface area contributed by atoms with Crippen molar-refractivity contribution in [2.75, 3.05) is 32.7 Å². The third kappa shape index (κ3) is 13.6. The summed E-state index contributed by atoms with van der Waals surface area (Å²) in [7, 11) is 0. The Kier molecular flexibility index (Phi) is 17.4. The van der Waals surface area contributed by atoms with E-state index in [1.54, 1.807) is 48.5 Å². The summed E-state index contributed by atoms with van der Waals surface area (Å²) in [5, 5.41) is 45.8. The van der Waals surface area contributed by atoms with Crippen molar-refractivity contribution in [3.05, 3.63) is 144 Å². The standard InChI is InChI=1S/C46H50N4O8/c47-29-3-32-48-30-1-2-31-49-33-28-46(42(55)24-12-34-4-16-38(51)17-5-34,43(56)25-13-35-6-18-39(52)19-7-35)50(44(57)26-14-36-8-20-40(53)21-9-36)45(58)27-15-37-10-22-41(54)23-11-37/h4-27,48-49,51-54H,1-3,28-33,47H2/b24-12+,25-13+,26-14+,27-15+. The maximum absolute atomic E-state index is 14.8. The van der Waals surface area contributed by atoms with Gasteiger partial charge < -0.3 is 36.8 Å². The fourth-order valence-electron chi connectivity index (χ4n) is 5.88. The van der Waals surface area contributed by atoms with Crippen LogP contribution in [0.25, 0.3) is 24.3 Å². The van der Waals surface area contributed by atoms with Crippen LogP contribution >= 0.6 is 0 Å². The van der Waals surface area contributed by atoms with Crippen LogP contribution in [-0.2, 0) is 19.2 Å². The van der Waals surface area contributed by atoms with E-state index < -0.39 is 28.9 Å². The van der Waals surface area contributed by atoms with Gasteiger partial charge in [-0.05, 0) is 153 Å². The summed E-state index contributed by atoms with van der Waals surface area (Å²) in [5.74, 6) is -3.61. The number of hydrogen-bond donors (Lipinski definition) is 7. The molecule has 0 aliphatic heterocycles. The predicted molar refractivity (Wildman–Crippen MR) is 226 cm³/mol. The highest BCUT2D eigenvalue weighted by Crippen LogP contribution is 2.28. The highest BCUT2D eigenvalue weighted by Gasteiger charge is 2.52. The largest absolute Gasteiger partial charge is 0.508 e. The summed E-state index contributed by atoms with van der Waals surface area (Å²) in [4.78, 5) is 59.4. The molecule has 12 heteroatoms. The minimum Gasteiger partial charge on any atom is -0.508 e. The normalized spacial score (nSPS) is 11.9. The molecule has 0 spiro atoms. The Morgan fingerprint density at radius 2 is 0.793 bits per heavy atom. The number of nitrogens with one attached hydrogen (secondary N) is 2. The molecule has 2 amide bonds. The summed E-state index contributed by atoms with van der Waals surface area (Å²) in [6, 6.07) is 23.9. The number of rotatable bonds is 22. The third-order valence-electron chi connectivity index (χ3n) is 9.08. The third-order valence-corrected chi connectivity index (χ3v) is 9.08. The lowest BCUT2D eigenvalue weighted by molar-refractivity contribution is -0.156. The number of aromatic hydroxyl groups is 4. The van der Waals surface area contributed by atoms with Gasteiger partial charge in [-0.2, -0.15) is 0 Å². The number of carbonyl (C=O) groups is 4. The molecular formula is C46H50N4O8. The van der Waals surface area contributed by atoms with E-state index in [-0.39, 0.29) is 36.0 Å². The Labute approximate surface area is 338 Å². The Balaban J connectivity index is 1.83. The van der Waals surface area contributed by atoms with Crippen LogP contribution in [0.3, 0.4) is 0 Å². The molecule has 58 heavy (non-hydrogen) atoms. The van der Waals surface area contributed by atoms with E-state index in [0.717, 1.165) is 56.7 Å². The van der Waals surface area contributed by atoms with E-state index >= 15 is 0 Å². The fourth-order valence-corrected chi connectivity index (χ4v) is 5.88. The lowest BCUT2D eigenvalue weighted by Gasteiger charge is -2.38. The van der Waals surface area contributed by atoms with Gasteiger partial charge >= 0.3 is 0 Å². The number of ketones is 2. The van der Waals surface area contributed by atoms with Gasteiger partial charge in [-0.25, -0.2) is 0 Å². The Bertz CT molecular complexity index is 1940. The van der Waals surface area contributed by atoms with Gasteiger partial charge in [0.1, 0.15) is 23.0 Å². The molecule has 302 valence electrons. The Hall–Kier alpha value is -6.60. The molecule has 0 heterocycles. The van der Waals surface area contributed by atoms with Crippen LogP contribution in [0.1, 0.15) is 47.9 Å². The van der Waals surface area contributed by atoms with Crippen LogP contribution in [0, 0.1) is 0 Å². The van der Waals surface area contributed by atoms with Crippen LogP contribution in [-0.4, -0.2) is 87.0 Å². The number of imide groups is 1. The molecular weight excluding hydrogens is 737 g/mol. The second kappa shape index (κ2) is 22.8. The second-order valence-corrected chi connectivity index (χ2v) is 13.4. The summed E-state index contributed by atoms with van der Waals surface area (Å²) < 4.78 is 0. The highest BCUT2D eigenvalue weighted by atomic mass is 16.3. The number of carbonyl (C=O) groups excluding carboxylic acids is 4. The van der Waals surface area contributed by atoms with Crippen molar-refractivity contribution in [1.29, 1.82) is 0 Å². The number of unbranched alkanes of at least 4 members (excludes halogenated alkanes) is 1. The Morgan fingerprint density at radius 3 is 1.14 bits per heavy atom. The summed E-state index contributed by atoms with van der Waals surface area (Å²) >= 11 is 0. The first-order chi connectivity index (χ1) is 28.0. The summed E-state index contributed by atoms with van der Waals surface area (Å²) in [5.41, 5.74) is 5.16. The fraction of sp³-hybridized carbons (Fsp3) is 0.217. The maximum atomic E-state index is 14.8. The molecule has 0 aliphatic rings. The highest BCUT2D eigenvalue weighted by molar-refractivity contribution is 6.26. The zero-order valence-electron chi connectivity index (χ0n) is 32.2. The van der Waals surface area contributed by atoms with E-state index in [4.69, 9.17) is 5.73 Å². The molecule has 0 fully saturated rings. The van der Waals surface area contributed by atoms with Gasteiger partial charge in [0.15, 0.2) is 17.1 Å². The number of phenols is 4. The number of nitrogens with zero attached hydrogens (tertiary/aromatic N) is 1. The predicted octanol–water partition coefficient (Wildman–Crippen LogP) is 5.59. The number of nitrogens with two attached hydrogens (primary N) is 1. The average molecular weight is 787 g/mol. The van der Waals surface area contributed by atoms with Gasteiger partial charge in [0, 0.05) is 12.2 Å². The molecule has 0 aromatic heterocycles. The van der Waals surface area contributed by atoms with E-state index in [2.05, 4.69) is 10.6 Å². The van der Waals surface area contributed by atoms with Gasteiger partial charge in [0.05, 0.1) is 0 Å². The molecule has 0 unspecified atom stereocenters. The molecule has 0 aliphatic carbocycles. The first kappa shape index (κ1) is 44.1. The molecule has 4 rings (SSSR count). The molecule has 12 nitrogen and oxygen atoms in total. The zero-order chi connectivity index (χ0) is 41.8. The average Bonchev–Trinajstić information content (AvgIpc) is 3.22. The lowest BCUT2D eigenvalue weighted by Crippen LogP contribution is -2.63. The maximum Gasteiger partial charge on any atom is 0.254 e. The Morgan fingerprint density at radius 1 is 0.483 bits per heavy atom. The number of benzene rings is 4. The van der Waals surface area contributed by atoms with Gasteiger partial charge in [0.25, 0.3) is 11.8 Å². The van der Waals surface area contributed by atoms with E-state index in [9.17, 15) is 39.6 Å². The number of amides is 2. The molecule has 4 aromatic carbocycles. The molecule has 0 bridgehead atoms. The van der Waals surface area contributed by atoms with Crippen LogP contribution in [0.15, 0.2) is 121 Å². The van der Waals surface area contributed by atoms with Gasteiger partial charge in [-0.3, -0.25) is 24.1 Å². The molecule has 0 saturated carbocycles. The van der Waals surface area contributed by atoms with Crippen molar-refractivity contribution in [2.45, 2.75) is 31.2 Å². The topological polar surface area (TPSA) is 203 Å². The molecule has 0 radical (unpaired) electrons. The van der Waals surface area contributed by atoms with Crippen LogP contribution in [0.2, 0.25) is 0 Å². The zero-order valence-corrected chi connectivity index (χ0v) is 32.2. The molecule has 8 N–H and O–H groups in total. The molecule has 0 atom stereocenters. The first-order valence-electron chi connectivity index (χ1n) is 19.0. The summed E-state index contributed by atoms with van der Waals surface area (Å²) in [6.45, 7) is 2.77. The molecule has 4 aromatic rings. The first-order valence-corrected chi connectivity index (χ1v) is 19.0. The quantitative estimate of drug-likeness (QED) is 0.0297. The lowest BCUT2D eigenvalue weighted by atomic mass is 9.81. The van der Waals surface area contributed by atoms with E-state index in [1.807, 2.05) is 0 Å². The van der Waals surface area contributed by atoms with E-state index in [1.165, 1.54) is 72.8 Å². The monoisotopic (exact) mass is 786 g/mol. The number of phenolic OH excluding ortho intramolecular Hbond substituents is 4. The van der Waals surface area contributed by atoms with Crippen molar-refractivity contribution in [1.82, 2.24) is 15.5 Å².